The number of hydrogen-bond donors (Lipinski definition) is 0. The van der Waals surface area contributed by atoms with Crippen molar-refractivity contribution in [3.05, 3.63) is 34.9 Å². The molecule has 0 aromatic rings. The summed E-state index contributed by atoms with van der Waals surface area (Å²) in [7, 11) is 0. The van der Waals surface area contributed by atoms with E-state index in [0.29, 0.717) is 0 Å². The smallest absolute Gasteiger partial charge is 0 e. The van der Waals surface area contributed by atoms with E-state index in [-0.39, 0.29) is 103 Å². The van der Waals surface area contributed by atoms with Gasteiger partial charge in [-0.2, -0.15) is 6.92 Å². The molecule has 0 spiro atoms. The molecule has 0 unspecified atom stereocenters. The second kappa shape index (κ2) is 377. The Balaban J connectivity index is -0.000000000635. The summed E-state index contributed by atoms with van der Waals surface area (Å²) in [6.45, 7) is 12.0. The number of hydrogen-bond acceptors (Lipinski definition) is 0. The molecule has 0 saturated heterocycles. The Morgan fingerprint density at radius 3 is 0.818 bits per heavy atom. The predicted molar refractivity (Wildman–Crippen MR) is 54.0 cm³/mol. The second-order valence-corrected chi connectivity index (χ2v) is 0. The van der Waals surface area contributed by atoms with E-state index in [1.165, 1.54) is 0 Å². The van der Waals surface area contributed by atoms with Crippen molar-refractivity contribution in [2.75, 3.05) is 0 Å². The van der Waals surface area contributed by atoms with Crippen molar-refractivity contribution < 1.29 is 65.4 Å². The first-order valence-electron chi connectivity index (χ1n) is 1.12. The third-order valence-corrected chi connectivity index (χ3v) is 0. The topological polar surface area (TPSA) is 0 Å². The van der Waals surface area contributed by atoms with E-state index in [4.69, 9.17) is 0 Å². The molecule has 0 aliphatic heterocycles. The third-order valence-electron chi connectivity index (χ3n) is 0. The van der Waals surface area contributed by atoms with Gasteiger partial charge >= 0.3 is 0 Å². The van der Waals surface area contributed by atoms with Gasteiger partial charge in [-0.25, -0.2) is 0 Å². The third kappa shape index (κ3) is 312. The van der Waals surface area contributed by atoms with Crippen LogP contribution in [0.1, 0.15) is 29.2 Å². The Labute approximate surface area is 128 Å². The normalized spacial score (nSPS) is 0.909. The summed E-state index contributed by atoms with van der Waals surface area (Å²) < 4.78 is 0. The van der Waals surface area contributed by atoms with E-state index in [1.807, 2.05) is 0 Å². The van der Waals surface area contributed by atoms with Gasteiger partial charge in [-0.3, -0.25) is 6.58 Å². The van der Waals surface area contributed by atoms with E-state index >= 15 is 0 Å². The largest absolute Gasteiger partial charge is 0.521 e. The molecule has 0 atom stereocenters. The van der Waals surface area contributed by atoms with Crippen molar-refractivity contribution in [3.8, 4) is 0 Å². The van der Waals surface area contributed by atoms with Gasteiger partial charge in [0.25, 0.3) is 0 Å². The maximum absolute atomic E-state index is 4.25. The van der Waals surface area contributed by atoms with Crippen LogP contribution in [0, 0.1) is 28.4 Å². The summed E-state index contributed by atoms with van der Waals surface area (Å²) in [5.41, 5.74) is 0. The monoisotopic (exact) mass is 312 g/mol. The molecule has 0 aliphatic carbocycles. The van der Waals surface area contributed by atoms with E-state index in [9.17, 15) is 0 Å². The van der Waals surface area contributed by atoms with Gasteiger partial charge in [-0.05, 0) is 0 Å². The number of rotatable bonds is 0. The Hall–Kier alpha value is 1.95. The average Bonchev–Trinajstić information content (AvgIpc) is 1.50. The van der Waals surface area contributed by atoms with Crippen LogP contribution in [0.4, 0.5) is 0 Å². The minimum absolute atomic E-state index is 0. The molecule has 2 radical (unpaired) electrons. The fourth-order valence-electron chi connectivity index (χ4n) is 0. The van der Waals surface area contributed by atoms with Crippen molar-refractivity contribution in [2.45, 2.75) is 29.2 Å². The quantitative estimate of drug-likeness (QED) is 0.587. The van der Waals surface area contributed by atoms with Crippen molar-refractivity contribution in [3.63, 3.8) is 0 Å². The van der Waals surface area contributed by atoms with Crippen LogP contribution in [0.15, 0.2) is 6.58 Å². The van der Waals surface area contributed by atoms with Crippen LogP contribution in [0.5, 0.6) is 0 Å². The van der Waals surface area contributed by atoms with E-state index in [0.717, 1.165) is 0 Å². The van der Waals surface area contributed by atoms with E-state index in [1.54, 1.807) is 6.92 Å². The molecule has 0 bridgehead atoms. The summed E-state index contributed by atoms with van der Waals surface area (Å²) in [5.74, 6) is 0. The minimum Gasteiger partial charge on any atom is -0.521 e. The molecule has 0 aromatic heterocycles. The molecule has 0 saturated carbocycles. The van der Waals surface area contributed by atoms with Gasteiger partial charge in [-0.15, -0.1) is 0 Å². The van der Waals surface area contributed by atoms with Crippen LogP contribution >= 0.6 is 0 Å². The van der Waals surface area contributed by atoms with Crippen molar-refractivity contribution in [1.82, 2.24) is 0 Å². The van der Waals surface area contributed by atoms with Gasteiger partial charge in [0.1, 0.15) is 0 Å². The fourth-order valence-corrected chi connectivity index (χ4v) is 0. The standard InChI is InChI=1S/C2H5.C2H3.3CH4.2CH3.2Y/c2*1-2;;;;;;;/h1H2,2H3;1H,2H2;3*1H4;2*1H3;;/q2*-1;;;;2*-1;;. The van der Waals surface area contributed by atoms with Crippen molar-refractivity contribution in [1.29, 1.82) is 0 Å². The zero-order valence-electron chi connectivity index (χ0n) is 6.15. The van der Waals surface area contributed by atoms with Gasteiger partial charge in [0.05, 0.1) is 0 Å². The molecule has 0 nitrogen and oxygen atoms in total. The molecule has 0 aliphatic rings. The average molecular weight is 312 g/mol. The van der Waals surface area contributed by atoms with Crippen LogP contribution in [0.2, 0.25) is 0 Å². The summed E-state index contributed by atoms with van der Waals surface area (Å²) in [6.07, 6.45) is 0. The van der Waals surface area contributed by atoms with Gasteiger partial charge < -0.3 is 28.4 Å². The summed E-state index contributed by atoms with van der Waals surface area (Å²) in [4.78, 5) is 0. The Morgan fingerprint density at radius 1 is 0.818 bits per heavy atom. The maximum Gasteiger partial charge on any atom is 0 e. The first kappa shape index (κ1) is 119. The predicted octanol–water partition coefficient (Wildman–Crippen LogP) is 4.25. The summed E-state index contributed by atoms with van der Waals surface area (Å²) in [5, 5.41) is 0. The van der Waals surface area contributed by atoms with Crippen molar-refractivity contribution in [2.24, 2.45) is 0 Å². The van der Waals surface area contributed by atoms with Gasteiger partial charge in [0, 0.05) is 65.4 Å². The first-order valence-corrected chi connectivity index (χ1v) is 1.12. The molecule has 0 fully saturated rings. The van der Waals surface area contributed by atoms with Gasteiger partial charge in [0.2, 0.25) is 0 Å². The maximum atomic E-state index is 4.25. The molecule has 0 N–H and O–H groups in total. The second-order valence-electron chi connectivity index (χ2n) is 0. The van der Waals surface area contributed by atoms with Crippen LogP contribution in [0.3, 0.4) is 0 Å². The zero-order valence-corrected chi connectivity index (χ0v) is 11.8. The van der Waals surface area contributed by atoms with E-state index < -0.39 is 0 Å². The molecule has 0 heterocycles. The Morgan fingerprint density at radius 2 is 0.818 bits per heavy atom. The Bertz CT molecular complexity index is 7.52. The summed E-state index contributed by atoms with van der Waals surface area (Å²) >= 11 is 0. The molecule has 0 rings (SSSR count). The van der Waals surface area contributed by atoms with Crippen molar-refractivity contribution >= 4 is 0 Å². The fraction of sp³-hybridized carbons (Fsp3) is 0.444. The summed E-state index contributed by atoms with van der Waals surface area (Å²) in [6, 6.07) is 0. The zero-order chi connectivity index (χ0) is 4.00. The molecular formula is C9H26Y2-4. The molecule has 72 valence electrons. The van der Waals surface area contributed by atoms with Crippen LogP contribution in [-0.4, -0.2) is 0 Å². The van der Waals surface area contributed by atoms with Crippen LogP contribution < -0.4 is 0 Å². The molecule has 2 heteroatoms. The Kier molecular flexibility index (Phi) is 4070. The molecule has 11 heavy (non-hydrogen) atoms. The SMILES string of the molecule is C.C.C.[CH-]=C.[CH2-]C.[CH3-].[CH3-].[Y].[Y]. The van der Waals surface area contributed by atoms with E-state index in [2.05, 4.69) is 20.1 Å². The van der Waals surface area contributed by atoms with Gasteiger partial charge in [-0.1, -0.05) is 22.3 Å². The van der Waals surface area contributed by atoms with Crippen LogP contribution in [0.25, 0.3) is 0 Å². The first-order chi connectivity index (χ1) is 2.00. The van der Waals surface area contributed by atoms with Gasteiger partial charge in [0.15, 0.2) is 0 Å². The van der Waals surface area contributed by atoms with Crippen LogP contribution in [-0.2, 0) is 65.4 Å². The molecule has 0 aromatic carbocycles. The molecular weight excluding hydrogens is 286 g/mol. The molecule has 0 amide bonds. The minimum atomic E-state index is 0.